The molecule has 1 atom stereocenters. The summed E-state index contributed by atoms with van der Waals surface area (Å²) in [4.78, 5) is 25.7. The molecule has 0 spiro atoms. The summed E-state index contributed by atoms with van der Waals surface area (Å²) in [5, 5.41) is 5.01. The van der Waals surface area contributed by atoms with E-state index in [2.05, 4.69) is 10.3 Å². The number of nitrogens with two attached hydrogens (primary N) is 1. The molecule has 6 heteroatoms. The Kier molecular flexibility index (Phi) is 5.09. The Morgan fingerprint density at radius 3 is 2.65 bits per heavy atom. The van der Waals surface area contributed by atoms with Gasteiger partial charge in [-0.05, 0) is 37.6 Å². The number of nitrogens with one attached hydrogen (secondary N) is 2. The number of hydrogen-bond acceptors (Lipinski definition) is 4. The molecule has 1 aromatic heterocycles. The maximum atomic E-state index is 11.3. The molecule has 17 heavy (non-hydrogen) atoms. The van der Waals surface area contributed by atoms with E-state index in [-0.39, 0.29) is 0 Å². The van der Waals surface area contributed by atoms with Crippen molar-refractivity contribution in [1.82, 2.24) is 15.6 Å². The average Bonchev–Trinajstić information content (AvgIpc) is 2.29. The van der Waals surface area contributed by atoms with E-state index < -0.39 is 18.0 Å². The van der Waals surface area contributed by atoms with E-state index in [4.69, 9.17) is 5.73 Å². The summed E-state index contributed by atoms with van der Waals surface area (Å²) in [7, 11) is 0. The van der Waals surface area contributed by atoms with Crippen LogP contribution >= 0.6 is 0 Å². The fourth-order valence-electron chi connectivity index (χ4n) is 1.30. The third-order valence-electron chi connectivity index (χ3n) is 2.25. The highest BCUT2D eigenvalue weighted by Gasteiger charge is 2.12. The van der Waals surface area contributed by atoms with Crippen molar-refractivity contribution in [2.45, 2.75) is 19.4 Å². The number of carbonyl (C=O) groups excluding carboxylic acids is 2. The Morgan fingerprint density at radius 2 is 2.06 bits per heavy atom. The quantitative estimate of drug-likeness (QED) is 0.659. The first kappa shape index (κ1) is 13.1. The zero-order chi connectivity index (χ0) is 12.7. The number of aromatic nitrogens is 1. The number of carbonyl (C=O) groups is 2. The average molecular weight is 236 g/mol. The van der Waals surface area contributed by atoms with Crippen LogP contribution in [0.5, 0.6) is 0 Å². The number of urea groups is 1. The lowest BCUT2D eigenvalue weighted by Crippen LogP contribution is -2.46. The van der Waals surface area contributed by atoms with Gasteiger partial charge in [0, 0.05) is 12.4 Å². The van der Waals surface area contributed by atoms with Crippen molar-refractivity contribution in [2.75, 3.05) is 6.54 Å². The standard InChI is InChI=1S/C11H16N4O2/c1-8(10(16)15-11(12)17)14-7-4-9-2-5-13-6-3-9/h2-3,5-6,8,14H,4,7H2,1H3,(H3,12,15,16,17). The van der Waals surface area contributed by atoms with Gasteiger partial charge in [-0.2, -0.15) is 0 Å². The fourth-order valence-corrected chi connectivity index (χ4v) is 1.30. The molecule has 1 unspecified atom stereocenters. The minimum Gasteiger partial charge on any atom is -0.351 e. The number of hydrogen-bond donors (Lipinski definition) is 3. The predicted molar refractivity (Wildman–Crippen MR) is 63.1 cm³/mol. The molecule has 0 aromatic carbocycles. The number of pyridine rings is 1. The highest BCUT2D eigenvalue weighted by atomic mass is 16.2. The first-order valence-corrected chi connectivity index (χ1v) is 5.32. The Hall–Kier alpha value is -1.95. The predicted octanol–water partition coefficient (Wildman–Crippen LogP) is -0.203. The summed E-state index contributed by atoms with van der Waals surface area (Å²) in [6, 6.07) is 2.54. The Labute approximate surface area is 99.6 Å². The second kappa shape index (κ2) is 6.59. The molecule has 92 valence electrons. The third kappa shape index (κ3) is 5.07. The molecule has 1 rings (SSSR count). The normalized spacial score (nSPS) is 11.8. The fraction of sp³-hybridized carbons (Fsp3) is 0.364. The summed E-state index contributed by atoms with van der Waals surface area (Å²) in [6.07, 6.45) is 4.23. The summed E-state index contributed by atoms with van der Waals surface area (Å²) in [5.74, 6) is -0.424. The van der Waals surface area contributed by atoms with Crippen LogP contribution < -0.4 is 16.4 Å². The summed E-state index contributed by atoms with van der Waals surface area (Å²) < 4.78 is 0. The van der Waals surface area contributed by atoms with Gasteiger partial charge >= 0.3 is 6.03 Å². The molecule has 0 radical (unpaired) electrons. The lowest BCUT2D eigenvalue weighted by molar-refractivity contribution is -0.121. The smallest absolute Gasteiger partial charge is 0.318 e. The van der Waals surface area contributed by atoms with Gasteiger partial charge in [0.25, 0.3) is 0 Å². The monoisotopic (exact) mass is 236 g/mol. The summed E-state index contributed by atoms with van der Waals surface area (Å²) >= 11 is 0. The lowest BCUT2D eigenvalue weighted by Gasteiger charge is -2.12. The van der Waals surface area contributed by atoms with Crippen LogP contribution in [0.3, 0.4) is 0 Å². The molecule has 3 amide bonds. The van der Waals surface area contributed by atoms with Crippen molar-refractivity contribution >= 4 is 11.9 Å². The van der Waals surface area contributed by atoms with E-state index in [0.29, 0.717) is 6.54 Å². The maximum absolute atomic E-state index is 11.3. The van der Waals surface area contributed by atoms with Crippen molar-refractivity contribution in [3.63, 3.8) is 0 Å². The second-order valence-corrected chi connectivity index (χ2v) is 3.63. The van der Waals surface area contributed by atoms with Gasteiger partial charge in [-0.3, -0.25) is 15.1 Å². The highest BCUT2D eigenvalue weighted by molar-refractivity contribution is 5.96. The molecule has 4 N–H and O–H groups in total. The number of rotatable bonds is 5. The molecule has 1 heterocycles. The number of amides is 3. The van der Waals surface area contributed by atoms with Crippen LogP contribution in [0, 0.1) is 0 Å². The van der Waals surface area contributed by atoms with E-state index in [1.165, 1.54) is 0 Å². The zero-order valence-electron chi connectivity index (χ0n) is 9.64. The van der Waals surface area contributed by atoms with Crippen molar-refractivity contribution in [1.29, 1.82) is 0 Å². The maximum Gasteiger partial charge on any atom is 0.318 e. The van der Waals surface area contributed by atoms with Gasteiger partial charge in [0.2, 0.25) is 5.91 Å². The van der Waals surface area contributed by atoms with E-state index in [9.17, 15) is 9.59 Å². The van der Waals surface area contributed by atoms with Crippen LogP contribution in [0.25, 0.3) is 0 Å². The molecule has 0 aliphatic carbocycles. The van der Waals surface area contributed by atoms with Gasteiger partial charge in [-0.25, -0.2) is 4.79 Å². The van der Waals surface area contributed by atoms with Crippen LogP contribution in [0.15, 0.2) is 24.5 Å². The highest BCUT2D eigenvalue weighted by Crippen LogP contribution is 1.96. The van der Waals surface area contributed by atoms with Crippen LogP contribution in [0.4, 0.5) is 4.79 Å². The molecule has 1 aromatic rings. The minimum atomic E-state index is -0.835. The van der Waals surface area contributed by atoms with Gasteiger partial charge in [0.15, 0.2) is 0 Å². The van der Waals surface area contributed by atoms with E-state index in [1.54, 1.807) is 19.3 Å². The van der Waals surface area contributed by atoms with E-state index in [0.717, 1.165) is 12.0 Å². The van der Waals surface area contributed by atoms with Gasteiger partial charge in [-0.1, -0.05) is 0 Å². The van der Waals surface area contributed by atoms with Crippen LogP contribution in [-0.2, 0) is 11.2 Å². The molecule has 0 saturated heterocycles. The second-order valence-electron chi connectivity index (χ2n) is 3.63. The zero-order valence-corrected chi connectivity index (χ0v) is 9.64. The topological polar surface area (TPSA) is 97.1 Å². The lowest BCUT2D eigenvalue weighted by atomic mass is 10.2. The van der Waals surface area contributed by atoms with Crippen LogP contribution in [-0.4, -0.2) is 29.5 Å². The molecular weight excluding hydrogens is 220 g/mol. The first-order valence-electron chi connectivity index (χ1n) is 5.32. The van der Waals surface area contributed by atoms with Gasteiger partial charge in [0.1, 0.15) is 0 Å². The molecule has 0 fully saturated rings. The Bertz CT molecular complexity index is 380. The first-order chi connectivity index (χ1) is 8.09. The molecule has 0 aliphatic heterocycles. The largest absolute Gasteiger partial charge is 0.351 e. The molecular formula is C11H16N4O2. The van der Waals surface area contributed by atoms with Gasteiger partial charge < -0.3 is 11.1 Å². The van der Waals surface area contributed by atoms with E-state index >= 15 is 0 Å². The Balaban J connectivity index is 2.27. The van der Waals surface area contributed by atoms with Crippen molar-refractivity contribution in [2.24, 2.45) is 5.73 Å². The number of imide groups is 1. The van der Waals surface area contributed by atoms with E-state index in [1.807, 2.05) is 17.4 Å². The summed E-state index contributed by atoms with van der Waals surface area (Å²) in [5.41, 5.74) is 5.98. The molecule has 6 nitrogen and oxygen atoms in total. The molecule has 0 saturated carbocycles. The van der Waals surface area contributed by atoms with Crippen LogP contribution in [0.2, 0.25) is 0 Å². The minimum absolute atomic E-state index is 0.424. The van der Waals surface area contributed by atoms with Gasteiger partial charge in [0.05, 0.1) is 6.04 Å². The molecule has 0 aliphatic rings. The van der Waals surface area contributed by atoms with Crippen molar-refractivity contribution in [3.8, 4) is 0 Å². The van der Waals surface area contributed by atoms with Crippen molar-refractivity contribution in [3.05, 3.63) is 30.1 Å². The number of primary amides is 1. The van der Waals surface area contributed by atoms with Crippen LogP contribution in [0.1, 0.15) is 12.5 Å². The third-order valence-corrected chi connectivity index (χ3v) is 2.25. The Morgan fingerprint density at radius 1 is 1.41 bits per heavy atom. The summed E-state index contributed by atoms with van der Waals surface area (Å²) in [6.45, 7) is 2.31. The van der Waals surface area contributed by atoms with Crippen molar-refractivity contribution < 1.29 is 9.59 Å². The molecule has 0 bridgehead atoms. The number of nitrogens with zero attached hydrogens (tertiary/aromatic N) is 1. The van der Waals surface area contributed by atoms with Gasteiger partial charge in [-0.15, -0.1) is 0 Å². The SMILES string of the molecule is CC(NCCc1ccncc1)C(=O)NC(N)=O.